The van der Waals surface area contributed by atoms with Gasteiger partial charge in [0.15, 0.2) is 11.5 Å². The molecule has 0 radical (unpaired) electrons. The SMILES string of the molecule is Cn1nc(C(=O)O)c(Cl)c1NC(=O)OC(C)(C)C. The van der Waals surface area contributed by atoms with E-state index in [0.717, 1.165) is 4.68 Å². The lowest BCUT2D eigenvalue weighted by Crippen LogP contribution is -2.27. The van der Waals surface area contributed by atoms with Crippen LogP contribution in [0.4, 0.5) is 10.6 Å². The van der Waals surface area contributed by atoms with Crippen LogP contribution >= 0.6 is 11.6 Å². The molecule has 0 atom stereocenters. The summed E-state index contributed by atoms with van der Waals surface area (Å²) in [5.74, 6) is -1.20. The van der Waals surface area contributed by atoms with Gasteiger partial charge in [0.1, 0.15) is 10.6 Å². The predicted molar refractivity (Wildman–Crippen MR) is 65.0 cm³/mol. The normalized spacial score (nSPS) is 11.2. The van der Waals surface area contributed by atoms with Gasteiger partial charge in [-0.2, -0.15) is 5.10 Å². The summed E-state index contributed by atoms with van der Waals surface area (Å²) in [6.07, 6.45) is -0.732. The molecule has 1 heterocycles. The van der Waals surface area contributed by atoms with Gasteiger partial charge in [0, 0.05) is 7.05 Å². The summed E-state index contributed by atoms with van der Waals surface area (Å²) in [6.45, 7) is 5.13. The lowest BCUT2D eigenvalue weighted by Gasteiger charge is -2.19. The first-order chi connectivity index (χ1) is 8.11. The molecule has 0 aliphatic carbocycles. The van der Waals surface area contributed by atoms with Crippen LogP contribution in [0.1, 0.15) is 31.3 Å². The van der Waals surface area contributed by atoms with Gasteiger partial charge in [0.2, 0.25) is 0 Å². The molecule has 18 heavy (non-hydrogen) atoms. The number of halogens is 1. The zero-order valence-electron chi connectivity index (χ0n) is 10.4. The number of aryl methyl sites for hydroxylation is 1. The molecular formula is C10H14ClN3O4. The van der Waals surface area contributed by atoms with Gasteiger partial charge < -0.3 is 9.84 Å². The molecule has 0 aliphatic heterocycles. The second kappa shape index (κ2) is 4.85. The number of carbonyl (C=O) groups excluding carboxylic acids is 1. The largest absolute Gasteiger partial charge is 0.476 e. The number of carbonyl (C=O) groups is 2. The van der Waals surface area contributed by atoms with Crippen molar-refractivity contribution in [2.45, 2.75) is 26.4 Å². The van der Waals surface area contributed by atoms with E-state index in [9.17, 15) is 9.59 Å². The molecule has 0 saturated carbocycles. The second-order valence-electron chi connectivity index (χ2n) is 4.57. The number of aromatic carboxylic acids is 1. The fraction of sp³-hybridized carbons (Fsp3) is 0.500. The summed E-state index contributed by atoms with van der Waals surface area (Å²) in [7, 11) is 1.46. The molecule has 1 aromatic rings. The molecule has 0 fully saturated rings. The van der Waals surface area contributed by atoms with E-state index in [1.54, 1.807) is 20.8 Å². The predicted octanol–water partition coefficient (Wildman–Crippen LogP) is 2.12. The zero-order valence-corrected chi connectivity index (χ0v) is 11.2. The number of carboxylic acid groups (broad SMARTS) is 1. The molecule has 100 valence electrons. The highest BCUT2D eigenvalue weighted by atomic mass is 35.5. The van der Waals surface area contributed by atoms with Crippen molar-refractivity contribution in [3.8, 4) is 0 Å². The molecule has 8 heteroatoms. The highest BCUT2D eigenvalue weighted by Crippen LogP contribution is 2.25. The first kappa shape index (κ1) is 14.3. The van der Waals surface area contributed by atoms with E-state index >= 15 is 0 Å². The Kier molecular flexibility index (Phi) is 3.85. The maximum Gasteiger partial charge on any atom is 0.413 e. The van der Waals surface area contributed by atoms with Gasteiger partial charge in [-0.25, -0.2) is 9.59 Å². The average Bonchev–Trinajstić information content (AvgIpc) is 2.42. The highest BCUT2D eigenvalue weighted by molar-refractivity contribution is 6.36. The Morgan fingerprint density at radius 2 is 2.00 bits per heavy atom. The van der Waals surface area contributed by atoms with Crippen LogP contribution in [-0.4, -0.2) is 32.6 Å². The molecule has 0 aromatic carbocycles. The van der Waals surface area contributed by atoms with Crippen molar-refractivity contribution < 1.29 is 19.4 Å². The maximum atomic E-state index is 11.5. The van der Waals surface area contributed by atoms with Crippen LogP contribution in [0, 0.1) is 0 Å². The Morgan fingerprint density at radius 3 is 2.39 bits per heavy atom. The molecule has 2 N–H and O–H groups in total. The number of nitrogens with zero attached hydrogens (tertiary/aromatic N) is 2. The van der Waals surface area contributed by atoms with Gasteiger partial charge in [-0.15, -0.1) is 0 Å². The minimum atomic E-state index is -1.27. The monoisotopic (exact) mass is 275 g/mol. The van der Waals surface area contributed by atoms with Crippen LogP contribution in [0.3, 0.4) is 0 Å². The first-order valence-electron chi connectivity index (χ1n) is 5.07. The van der Waals surface area contributed by atoms with E-state index in [0.29, 0.717) is 0 Å². The van der Waals surface area contributed by atoms with Crippen molar-refractivity contribution in [1.29, 1.82) is 0 Å². The molecule has 1 rings (SSSR count). The van der Waals surface area contributed by atoms with Crippen LogP contribution < -0.4 is 5.32 Å². The standard InChI is InChI=1S/C10H14ClN3O4/c1-10(2,3)18-9(17)12-7-5(11)6(8(15)16)13-14(7)4/h1-4H3,(H,12,17)(H,15,16). The van der Waals surface area contributed by atoms with E-state index in [1.807, 2.05) is 0 Å². The van der Waals surface area contributed by atoms with E-state index in [2.05, 4.69) is 10.4 Å². The van der Waals surface area contributed by atoms with E-state index in [-0.39, 0.29) is 16.5 Å². The van der Waals surface area contributed by atoms with Gasteiger partial charge in [0.25, 0.3) is 0 Å². The molecule has 1 amide bonds. The Morgan fingerprint density at radius 1 is 1.44 bits per heavy atom. The number of nitrogens with one attached hydrogen (secondary N) is 1. The third-order valence-corrected chi connectivity index (χ3v) is 2.17. The summed E-state index contributed by atoms with van der Waals surface area (Å²) in [5.41, 5.74) is -0.990. The molecule has 0 saturated heterocycles. The van der Waals surface area contributed by atoms with E-state index in [4.69, 9.17) is 21.4 Å². The van der Waals surface area contributed by atoms with Crippen molar-refractivity contribution >= 4 is 29.5 Å². The zero-order chi connectivity index (χ0) is 14.1. The third kappa shape index (κ3) is 3.36. The number of rotatable bonds is 2. The molecule has 1 aromatic heterocycles. The van der Waals surface area contributed by atoms with Crippen LogP contribution in [-0.2, 0) is 11.8 Å². The minimum Gasteiger partial charge on any atom is -0.476 e. The maximum absolute atomic E-state index is 11.5. The molecular weight excluding hydrogens is 262 g/mol. The lowest BCUT2D eigenvalue weighted by molar-refractivity contribution is 0.0632. The molecule has 0 bridgehead atoms. The summed E-state index contributed by atoms with van der Waals surface area (Å²) in [6, 6.07) is 0. The Labute approximate surface area is 109 Å². The molecule has 7 nitrogen and oxygen atoms in total. The molecule has 0 aliphatic rings. The number of hydrogen-bond donors (Lipinski definition) is 2. The topological polar surface area (TPSA) is 93.5 Å². The van der Waals surface area contributed by atoms with Crippen LogP contribution in [0.15, 0.2) is 0 Å². The fourth-order valence-corrected chi connectivity index (χ4v) is 1.46. The summed E-state index contributed by atoms with van der Waals surface area (Å²) in [4.78, 5) is 22.3. The first-order valence-corrected chi connectivity index (χ1v) is 5.45. The fourth-order valence-electron chi connectivity index (χ4n) is 1.17. The number of amides is 1. The highest BCUT2D eigenvalue weighted by Gasteiger charge is 2.23. The number of aromatic nitrogens is 2. The van der Waals surface area contributed by atoms with Gasteiger partial charge in [-0.05, 0) is 20.8 Å². The number of ether oxygens (including phenoxy) is 1. The number of carboxylic acids is 1. The summed E-state index contributed by atoms with van der Waals surface area (Å²) in [5, 5.41) is 14.7. The van der Waals surface area contributed by atoms with Crippen molar-refractivity contribution in [3.63, 3.8) is 0 Å². The Balaban J connectivity index is 2.92. The van der Waals surface area contributed by atoms with Gasteiger partial charge >= 0.3 is 12.1 Å². The van der Waals surface area contributed by atoms with Crippen molar-refractivity contribution in [2.75, 3.05) is 5.32 Å². The van der Waals surface area contributed by atoms with Crippen LogP contribution in [0.25, 0.3) is 0 Å². The van der Waals surface area contributed by atoms with Crippen molar-refractivity contribution in [1.82, 2.24) is 9.78 Å². The summed E-state index contributed by atoms with van der Waals surface area (Å²) < 4.78 is 6.19. The summed E-state index contributed by atoms with van der Waals surface area (Å²) >= 11 is 5.81. The smallest absolute Gasteiger partial charge is 0.413 e. The average molecular weight is 276 g/mol. The van der Waals surface area contributed by atoms with Crippen molar-refractivity contribution in [2.24, 2.45) is 7.05 Å². The number of anilines is 1. The third-order valence-electron chi connectivity index (χ3n) is 1.81. The van der Waals surface area contributed by atoms with Crippen molar-refractivity contribution in [3.05, 3.63) is 10.7 Å². The van der Waals surface area contributed by atoms with E-state index in [1.165, 1.54) is 7.05 Å². The second-order valence-corrected chi connectivity index (χ2v) is 4.94. The molecule has 0 unspecified atom stereocenters. The van der Waals surface area contributed by atoms with Gasteiger partial charge in [-0.1, -0.05) is 11.6 Å². The van der Waals surface area contributed by atoms with Gasteiger partial charge in [-0.3, -0.25) is 10.00 Å². The quantitative estimate of drug-likeness (QED) is 0.862. The Bertz CT molecular complexity index is 490. The number of hydrogen-bond acceptors (Lipinski definition) is 4. The molecule has 0 spiro atoms. The van der Waals surface area contributed by atoms with Gasteiger partial charge in [0.05, 0.1) is 0 Å². The Hall–Kier alpha value is -1.76. The van der Waals surface area contributed by atoms with E-state index < -0.39 is 17.7 Å². The van der Waals surface area contributed by atoms with Crippen LogP contribution in [0.2, 0.25) is 5.02 Å². The minimum absolute atomic E-state index is 0.0725. The lowest BCUT2D eigenvalue weighted by atomic mass is 10.2. The van der Waals surface area contributed by atoms with Crippen LogP contribution in [0.5, 0.6) is 0 Å².